The summed E-state index contributed by atoms with van der Waals surface area (Å²) in [5.41, 5.74) is 0.959. The largest absolute Gasteiger partial charge is 0.286 e. The second-order valence-electron chi connectivity index (χ2n) is 4.38. The maximum absolute atomic E-state index is 13.4. The molecule has 0 aromatic heterocycles. The molecule has 1 aliphatic carbocycles. The average Bonchev–Trinajstić information content (AvgIpc) is 2.13. The number of benzene rings is 1. The monoisotopic (exact) mass is 262 g/mol. The van der Waals surface area contributed by atoms with Gasteiger partial charge in [-0.25, -0.2) is 8.78 Å². The van der Waals surface area contributed by atoms with Gasteiger partial charge >= 0.3 is 0 Å². The third-order valence-electron chi connectivity index (χ3n) is 3.01. The fourth-order valence-corrected chi connectivity index (χ4v) is 3.20. The molecule has 1 aromatic rings. The SMILES string of the molecule is O=S(=O)(O)C[C@H]1CCc2c(F)cc(F)cc2C1. The molecule has 0 unspecified atom stereocenters. The van der Waals surface area contributed by atoms with Crippen molar-refractivity contribution in [1.82, 2.24) is 0 Å². The van der Waals surface area contributed by atoms with E-state index in [1.807, 2.05) is 0 Å². The molecule has 17 heavy (non-hydrogen) atoms. The summed E-state index contributed by atoms with van der Waals surface area (Å²) < 4.78 is 56.7. The molecule has 0 spiro atoms. The van der Waals surface area contributed by atoms with Crippen molar-refractivity contribution in [2.24, 2.45) is 5.92 Å². The molecule has 1 atom stereocenters. The summed E-state index contributed by atoms with van der Waals surface area (Å²) in [5, 5.41) is 0. The summed E-state index contributed by atoms with van der Waals surface area (Å²) in [7, 11) is -4.03. The minimum atomic E-state index is -4.03. The van der Waals surface area contributed by atoms with Crippen LogP contribution in [0.4, 0.5) is 8.78 Å². The Morgan fingerprint density at radius 1 is 1.35 bits per heavy atom. The highest BCUT2D eigenvalue weighted by Crippen LogP contribution is 2.29. The molecule has 1 aliphatic rings. The second kappa shape index (κ2) is 4.34. The Labute approximate surface area is 98.2 Å². The van der Waals surface area contributed by atoms with Crippen molar-refractivity contribution in [3.63, 3.8) is 0 Å². The first-order chi connectivity index (χ1) is 7.85. The molecule has 0 amide bonds. The molecule has 0 saturated carbocycles. The van der Waals surface area contributed by atoms with Crippen LogP contribution in [-0.4, -0.2) is 18.7 Å². The summed E-state index contributed by atoms with van der Waals surface area (Å²) in [6, 6.07) is 2.07. The lowest BCUT2D eigenvalue weighted by molar-refractivity contribution is 0.437. The Kier molecular flexibility index (Phi) is 3.18. The number of fused-ring (bicyclic) bond motifs is 1. The molecule has 3 nitrogen and oxygen atoms in total. The third-order valence-corrected chi connectivity index (χ3v) is 3.90. The van der Waals surface area contributed by atoms with Gasteiger partial charge in [-0.15, -0.1) is 0 Å². The smallest absolute Gasteiger partial charge is 0.265 e. The Morgan fingerprint density at radius 2 is 2.06 bits per heavy atom. The highest BCUT2D eigenvalue weighted by atomic mass is 32.2. The van der Waals surface area contributed by atoms with Crippen LogP contribution in [0, 0.1) is 17.6 Å². The van der Waals surface area contributed by atoms with E-state index in [2.05, 4.69) is 0 Å². The molecule has 0 saturated heterocycles. The van der Waals surface area contributed by atoms with E-state index >= 15 is 0 Å². The zero-order valence-electron chi connectivity index (χ0n) is 8.99. The van der Waals surface area contributed by atoms with E-state index < -0.39 is 21.8 Å². The molecule has 0 bridgehead atoms. The van der Waals surface area contributed by atoms with Crippen LogP contribution in [0.2, 0.25) is 0 Å². The van der Waals surface area contributed by atoms with Crippen LogP contribution in [0.1, 0.15) is 17.5 Å². The van der Waals surface area contributed by atoms with Crippen molar-refractivity contribution in [1.29, 1.82) is 0 Å². The second-order valence-corrected chi connectivity index (χ2v) is 5.88. The number of hydrogen-bond acceptors (Lipinski definition) is 2. The predicted molar refractivity (Wildman–Crippen MR) is 58.3 cm³/mol. The minimum absolute atomic E-state index is 0.279. The molecule has 6 heteroatoms. The zero-order chi connectivity index (χ0) is 12.6. The van der Waals surface area contributed by atoms with Gasteiger partial charge in [-0.2, -0.15) is 8.42 Å². The van der Waals surface area contributed by atoms with Gasteiger partial charge in [0.1, 0.15) is 11.6 Å². The molecular formula is C11H12F2O3S. The van der Waals surface area contributed by atoms with Gasteiger partial charge in [-0.05, 0) is 42.4 Å². The van der Waals surface area contributed by atoms with Crippen LogP contribution in [-0.2, 0) is 23.0 Å². The van der Waals surface area contributed by atoms with Gasteiger partial charge in [-0.3, -0.25) is 4.55 Å². The molecule has 0 radical (unpaired) electrons. The van der Waals surface area contributed by atoms with Crippen LogP contribution in [0.5, 0.6) is 0 Å². The van der Waals surface area contributed by atoms with Gasteiger partial charge in [-0.1, -0.05) is 0 Å². The third kappa shape index (κ3) is 3.01. The minimum Gasteiger partial charge on any atom is -0.286 e. The highest BCUT2D eigenvalue weighted by Gasteiger charge is 2.25. The number of hydrogen-bond donors (Lipinski definition) is 1. The Balaban J connectivity index is 2.24. The van der Waals surface area contributed by atoms with Crippen LogP contribution >= 0.6 is 0 Å². The van der Waals surface area contributed by atoms with E-state index in [0.29, 0.717) is 24.0 Å². The predicted octanol–water partition coefficient (Wildman–Crippen LogP) is 1.96. The quantitative estimate of drug-likeness (QED) is 0.829. The molecule has 0 heterocycles. The summed E-state index contributed by atoms with van der Waals surface area (Å²) in [6.07, 6.45) is 1.14. The lowest BCUT2D eigenvalue weighted by Gasteiger charge is -2.23. The first kappa shape index (κ1) is 12.4. The van der Waals surface area contributed by atoms with Crippen molar-refractivity contribution < 1.29 is 21.8 Å². The summed E-state index contributed by atoms with van der Waals surface area (Å²) in [5.74, 6) is -1.87. The van der Waals surface area contributed by atoms with E-state index in [1.54, 1.807) is 0 Å². The molecule has 0 aliphatic heterocycles. The van der Waals surface area contributed by atoms with Gasteiger partial charge in [0.2, 0.25) is 0 Å². The number of rotatable bonds is 2. The van der Waals surface area contributed by atoms with Crippen LogP contribution in [0.15, 0.2) is 12.1 Å². The molecule has 1 N–H and O–H groups in total. The lowest BCUT2D eigenvalue weighted by atomic mass is 9.84. The van der Waals surface area contributed by atoms with E-state index in [-0.39, 0.29) is 18.1 Å². The van der Waals surface area contributed by atoms with E-state index in [1.165, 1.54) is 6.07 Å². The fraction of sp³-hybridized carbons (Fsp3) is 0.455. The van der Waals surface area contributed by atoms with Gasteiger partial charge < -0.3 is 0 Å². The Morgan fingerprint density at radius 3 is 2.71 bits per heavy atom. The number of halogens is 2. The lowest BCUT2D eigenvalue weighted by Crippen LogP contribution is -2.23. The van der Waals surface area contributed by atoms with E-state index in [0.717, 1.165) is 6.07 Å². The standard InChI is InChI=1S/C11H12F2O3S/c12-9-4-8-3-7(6-17(14,15)16)1-2-10(8)11(13)5-9/h4-5,7H,1-3,6H2,(H,14,15,16)/t7-/m0/s1. The summed E-state index contributed by atoms with van der Waals surface area (Å²) in [6.45, 7) is 0. The molecule has 1 aromatic carbocycles. The normalized spacial score (nSPS) is 20.1. The molecule has 94 valence electrons. The maximum Gasteiger partial charge on any atom is 0.265 e. The van der Waals surface area contributed by atoms with Crippen molar-refractivity contribution in [3.8, 4) is 0 Å². The van der Waals surface area contributed by atoms with E-state index in [9.17, 15) is 17.2 Å². The van der Waals surface area contributed by atoms with Gasteiger partial charge in [0.25, 0.3) is 10.1 Å². The zero-order valence-corrected chi connectivity index (χ0v) is 9.80. The summed E-state index contributed by atoms with van der Waals surface area (Å²) in [4.78, 5) is 0. The first-order valence-electron chi connectivity index (χ1n) is 5.27. The Hall–Kier alpha value is -1.01. The van der Waals surface area contributed by atoms with Gasteiger partial charge in [0.05, 0.1) is 5.75 Å². The van der Waals surface area contributed by atoms with Gasteiger partial charge in [0, 0.05) is 6.07 Å². The van der Waals surface area contributed by atoms with Crippen molar-refractivity contribution in [2.45, 2.75) is 19.3 Å². The van der Waals surface area contributed by atoms with Crippen LogP contribution in [0.25, 0.3) is 0 Å². The maximum atomic E-state index is 13.4. The highest BCUT2D eigenvalue weighted by molar-refractivity contribution is 7.85. The van der Waals surface area contributed by atoms with Crippen LogP contribution in [0.3, 0.4) is 0 Å². The molecule has 0 fully saturated rings. The summed E-state index contributed by atoms with van der Waals surface area (Å²) >= 11 is 0. The fourth-order valence-electron chi connectivity index (χ4n) is 2.32. The Bertz CT molecular complexity index is 540. The first-order valence-corrected chi connectivity index (χ1v) is 6.88. The average molecular weight is 262 g/mol. The van der Waals surface area contributed by atoms with Crippen LogP contribution < -0.4 is 0 Å². The van der Waals surface area contributed by atoms with E-state index in [4.69, 9.17) is 4.55 Å². The van der Waals surface area contributed by atoms with Crippen molar-refractivity contribution in [3.05, 3.63) is 34.9 Å². The van der Waals surface area contributed by atoms with Gasteiger partial charge in [0.15, 0.2) is 0 Å². The molecular weight excluding hydrogens is 250 g/mol. The molecule has 2 rings (SSSR count). The van der Waals surface area contributed by atoms with Crippen molar-refractivity contribution in [2.75, 3.05) is 5.75 Å². The topological polar surface area (TPSA) is 54.4 Å². The van der Waals surface area contributed by atoms with Crippen molar-refractivity contribution >= 4 is 10.1 Å².